The van der Waals surface area contributed by atoms with E-state index in [0.717, 1.165) is 24.3 Å². The number of benzene rings is 1. The van der Waals surface area contributed by atoms with Crippen molar-refractivity contribution in [2.75, 3.05) is 6.54 Å². The second kappa shape index (κ2) is 10.3. The molecule has 30 heavy (non-hydrogen) atoms. The maximum atomic E-state index is 12.2. The Morgan fingerprint density at radius 2 is 2.03 bits per heavy atom. The molecule has 1 N–H and O–H groups in total. The number of hydrogen-bond acceptors (Lipinski definition) is 4. The van der Waals surface area contributed by atoms with E-state index in [-0.39, 0.29) is 18.3 Å². The molecule has 0 bridgehead atoms. The minimum atomic E-state index is -0.242. The summed E-state index contributed by atoms with van der Waals surface area (Å²) in [7, 11) is 0. The number of carbonyl (C=O) groups excluding carboxylic acids is 1. The van der Waals surface area contributed by atoms with Crippen molar-refractivity contribution in [3.8, 4) is 5.75 Å². The molecule has 0 saturated heterocycles. The number of ether oxygens (including phenoxy) is 1. The molecule has 1 atom stereocenters. The van der Waals surface area contributed by atoms with Crippen molar-refractivity contribution in [2.45, 2.75) is 52.7 Å². The number of amides is 1. The highest BCUT2D eigenvalue weighted by Gasteiger charge is 2.11. The molecule has 2 heterocycles. The third-order valence-corrected chi connectivity index (χ3v) is 5.44. The normalized spacial score (nSPS) is 12.0. The van der Waals surface area contributed by atoms with Gasteiger partial charge in [0.15, 0.2) is 5.76 Å². The molecule has 6 nitrogen and oxygen atoms in total. The standard InChI is InChI=1S/C23H28ClN3O3/c1-4-16(2)18-6-8-19(9-7-18)29-15-20-10-11-22(30-20)23(28)25-12-5-13-27-14-21(24)17(3)26-27/h6-11,14,16H,4-5,12-13,15H2,1-3H3,(H,25,28). The summed E-state index contributed by atoms with van der Waals surface area (Å²) in [4.78, 5) is 12.2. The second-order valence-corrected chi connectivity index (χ2v) is 7.78. The zero-order valence-electron chi connectivity index (χ0n) is 17.7. The van der Waals surface area contributed by atoms with Crippen molar-refractivity contribution in [1.29, 1.82) is 0 Å². The van der Waals surface area contributed by atoms with Crippen molar-refractivity contribution in [1.82, 2.24) is 15.1 Å². The van der Waals surface area contributed by atoms with Crippen LogP contribution < -0.4 is 10.1 Å². The van der Waals surface area contributed by atoms with Crippen LogP contribution in [0.1, 0.15) is 60.2 Å². The van der Waals surface area contributed by atoms with E-state index in [0.29, 0.717) is 29.8 Å². The van der Waals surface area contributed by atoms with E-state index in [1.807, 2.05) is 19.1 Å². The van der Waals surface area contributed by atoms with Gasteiger partial charge in [-0.25, -0.2) is 0 Å². The number of aromatic nitrogens is 2. The van der Waals surface area contributed by atoms with Crippen LogP contribution in [-0.2, 0) is 13.2 Å². The lowest BCUT2D eigenvalue weighted by molar-refractivity contribution is 0.0920. The fraction of sp³-hybridized carbons (Fsp3) is 0.391. The van der Waals surface area contributed by atoms with Gasteiger partial charge < -0.3 is 14.5 Å². The smallest absolute Gasteiger partial charge is 0.286 e. The first-order valence-corrected chi connectivity index (χ1v) is 10.6. The molecular weight excluding hydrogens is 402 g/mol. The number of nitrogens with zero attached hydrogens (tertiary/aromatic N) is 2. The van der Waals surface area contributed by atoms with Crippen molar-refractivity contribution >= 4 is 17.5 Å². The summed E-state index contributed by atoms with van der Waals surface area (Å²) in [6.07, 6.45) is 3.64. The minimum absolute atomic E-state index is 0.242. The molecule has 7 heteroatoms. The van der Waals surface area contributed by atoms with Crippen LogP contribution in [-0.4, -0.2) is 22.2 Å². The van der Waals surface area contributed by atoms with Crippen LogP contribution in [0.5, 0.6) is 5.75 Å². The molecule has 0 saturated carbocycles. The van der Waals surface area contributed by atoms with E-state index in [1.54, 1.807) is 23.0 Å². The predicted molar refractivity (Wildman–Crippen MR) is 117 cm³/mol. The van der Waals surface area contributed by atoms with E-state index in [4.69, 9.17) is 20.8 Å². The van der Waals surface area contributed by atoms with Crippen LogP contribution >= 0.6 is 11.6 Å². The van der Waals surface area contributed by atoms with Crippen molar-refractivity contribution in [3.63, 3.8) is 0 Å². The average Bonchev–Trinajstić information content (AvgIpc) is 3.36. The van der Waals surface area contributed by atoms with E-state index in [2.05, 4.69) is 36.4 Å². The fourth-order valence-corrected chi connectivity index (χ4v) is 3.15. The number of halogens is 1. The van der Waals surface area contributed by atoms with Gasteiger partial charge in [-0.15, -0.1) is 0 Å². The van der Waals surface area contributed by atoms with E-state index < -0.39 is 0 Å². The van der Waals surface area contributed by atoms with Gasteiger partial charge in [-0.3, -0.25) is 9.48 Å². The van der Waals surface area contributed by atoms with E-state index >= 15 is 0 Å². The summed E-state index contributed by atoms with van der Waals surface area (Å²) in [5.41, 5.74) is 2.10. The first-order chi connectivity index (χ1) is 14.5. The topological polar surface area (TPSA) is 69.3 Å². The lowest BCUT2D eigenvalue weighted by atomic mass is 9.99. The molecule has 0 aliphatic rings. The van der Waals surface area contributed by atoms with Gasteiger partial charge in [0.25, 0.3) is 5.91 Å². The lowest BCUT2D eigenvalue weighted by Gasteiger charge is -2.10. The van der Waals surface area contributed by atoms with Gasteiger partial charge in [0.05, 0.1) is 10.7 Å². The summed E-state index contributed by atoms with van der Waals surface area (Å²) < 4.78 is 13.2. The maximum absolute atomic E-state index is 12.2. The zero-order valence-corrected chi connectivity index (χ0v) is 18.4. The van der Waals surface area contributed by atoms with Crippen LogP contribution in [0.4, 0.5) is 0 Å². The van der Waals surface area contributed by atoms with Gasteiger partial charge in [0.1, 0.15) is 18.1 Å². The molecule has 0 spiro atoms. The molecule has 160 valence electrons. The number of rotatable bonds is 10. The van der Waals surface area contributed by atoms with Gasteiger partial charge in [-0.05, 0) is 55.5 Å². The molecule has 0 radical (unpaired) electrons. The third-order valence-electron chi connectivity index (χ3n) is 5.06. The Labute approximate surface area is 182 Å². The van der Waals surface area contributed by atoms with Gasteiger partial charge >= 0.3 is 0 Å². The number of hydrogen-bond donors (Lipinski definition) is 1. The average molecular weight is 430 g/mol. The molecule has 3 rings (SSSR count). The highest BCUT2D eigenvalue weighted by Crippen LogP contribution is 2.22. The molecule has 2 aromatic heterocycles. The molecule has 3 aromatic rings. The number of aryl methyl sites for hydroxylation is 2. The van der Waals surface area contributed by atoms with Crippen LogP contribution in [0.3, 0.4) is 0 Å². The Bertz CT molecular complexity index is 943. The summed E-state index contributed by atoms with van der Waals surface area (Å²) in [6.45, 7) is 7.72. The van der Waals surface area contributed by atoms with E-state index in [9.17, 15) is 4.79 Å². The van der Waals surface area contributed by atoms with Crippen LogP contribution in [0.2, 0.25) is 5.02 Å². The minimum Gasteiger partial charge on any atom is -0.486 e. The lowest BCUT2D eigenvalue weighted by Crippen LogP contribution is -2.24. The number of carbonyl (C=O) groups is 1. The fourth-order valence-electron chi connectivity index (χ4n) is 3.00. The van der Waals surface area contributed by atoms with Crippen LogP contribution in [0.15, 0.2) is 47.0 Å². The highest BCUT2D eigenvalue weighted by molar-refractivity contribution is 6.31. The Morgan fingerprint density at radius 1 is 1.27 bits per heavy atom. The summed E-state index contributed by atoms with van der Waals surface area (Å²) >= 11 is 5.99. The molecular formula is C23H28ClN3O3. The van der Waals surface area contributed by atoms with Gasteiger partial charge in [0, 0.05) is 19.3 Å². The third kappa shape index (κ3) is 5.89. The second-order valence-electron chi connectivity index (χ2n) is 7.37. The molecule has 0 aliphatic heterocycles. The zero-order chi connectivity index (χ0) is 21.5. The first kappa shape index (κ1) is 22.0. The summed E-state index contributed by atoms with van der Waals surface area (Å²) in [5, 5.41) is 7.79. The molecule has 1 aromatic carbocycles. The van der Waals surface area contributed by atoms with Crippen LogP contribution in [0, 0.1) is 6.92 Å². The Kier molecular flexibility index (Phi) is 7.57. The van der Waals surface area contributed by atoms with Gasteiger partial charge in [-0.2, -0.15) is 5.10 Å². The summed E-state index contributed by atoms with van der Waals surface area (Å²) in [5.74, 6) is 1.95. The molecule has 0 fully saturated rings. The number of nitrogens with one attached hydrogen (secondary N) is 1. The maximum Gasteiger partial charge on any atom is 0.286 e. The Morgan fingerprint density at radius 3 is 2.70 bits per heavy atom. The van der Waals surface area contributed by atoms with Gasteiger partial charge in [-0.1, -0.05) is 37.6 Å². The summed E-state index contributed by atoms with van der Waals surface area (Å²) in [6, 6.07) is 11.5. The van der Waals surface area contributed by atoms with E-state index in [1.165, 1.54) is 5.56 Å². The molecule has 1 unspecified atom stereocenters. The van der Waals surface area contributed by atoms with Gasteiger partial charge in [0.2, 0.25) is 0 Å². The largest absolute Gasteiger partial charge is 0.486 e. The SMILES string of the molecule is CCC(C)c1ccc(OCc2ccc(C(=O)NCCCn3cc(Cl)c(C)n3)o2)cc1. The Balaban J connectivity index is 1.42. The van der Waals surface area contributed by atoms with Crippen molar-refractivity contribution in [2.24, 2.45) is 0 Å². The van der Waals surface area contributed by atoms with Crippen molar-refractivity contribution in [3.05, 3.63) is 70.4 Å². The molecule has 1 amide bonds. The quantitative estimate of drug-likeness (QED) is 0.441. The molecule has 0 aliphatic carbocycles. The monoisotopic (exact) mass is 429 g/mol. The first-order valence-electron chi connectivity index (χ1n) is 10.3. The van der Waals surface area contributed by atoms with Crippen LogP contribution in [0.25, 0.3) is 0 Å². The van der Waals surface area contributed by atoms with Crippen molar-refractivity contribution < 1.29 is 13.9 Å². The number of furan rings is 1. The highest BCUT2D eigenvalue weighted by atomic mass is 35.5. The predicted octanol–water partition coefficient (Wildman–Crippen LogP) is 5.35. The Hall–Kier alpha value is -2.73.